The molecular weight excluding hydrogens is 280 g/mol. The summed E-state index contributed by atoms with van der Waals surface area (Å²) in [6, 6.07) is 0.637. The topological polar surface area (TPSA) is 32.6 Å². The number of imidazole rings is 1. The summed E-state index contributed by atoms with van der Waals surface area (Å²) in [5, 5.41) is 5.75. The van der Waals surface area contributed by atoms with Crippen LogP contribution in [0.25, 0.3) is 4.96 Å². The lowest BCUT2D eigenvalue weighted by atomic mass is 10.0. The number of rotatable bonds is 4. The fourth-order valence-electron chi connectivity index (χ4n) is 2.98. The monoisotopic (exact) mass is 306 g/mol. The molecule has 1 fully saturated rings. The van der Waals surface area contributed by atoms with E-state index in [1.807, 2.05) is 0 Å². The van der Waals surface area contributed by atoms with Gasteiger partial charge in [-0.1, -0.05) is 6.42 Å². The van der Waals surface area contributed by atoms with Crippen molar-refractivity contribution in [3.05, 3.63) is 23.5 Å². The molecule has 1 unspecified atom stereocenters. The normalized spacial score (nSPS) is 21.2. The molecule has 1 atom stereocenters. The number of hydrogen-bond acceptors (Lipinski definition) is 4. The molecule has 1 aliphatic rings. The van der Waals surface area contributed by atoms with Gasteiger partial charge in [-0.3, -0.25) is 9.30 Å². The van der Waals surface area contributed by atoms with Gasteiger partial charge in [-0.05, 0) is 40.2 Å². The van der Waals surface area contributed by atoms with Crippen molar-refractivity contribution in [3.8, 4) is 0 Å². The molecule has 0 radical (unpaired) electrons. The molecule has 21 heavy (non-hydrogen) atoms. The van der Waals surface area contributed by atoms with Crippen molar-refractivity contribution >= 4 is 16.3 Å². The number of piperidine rings is 1. The highest BCUT2D eigenvalue weighted by Gasteiger charge is 2.24. The molecule has 3 rings (SSSR count). The first kappa shape index (κ1) is 15.0. The van der Waals surface area contributed by atoms with Crippen LogP contribution < -0.4 is 5.32 Å². The molecule has 1 aliphatic heterocycles. The molecule has 1 N–H and O–H groups in total. The van der Waals surface area contributed by atoms with Crippen LogP contribution in [0.3, 0.4) is 0 Å². The first-order valence-electron chi connectivity index (χ1n) is 7.91. The Kier molecular flexibility index (Phi) is 4.33. The molecule has 0 saturated carbocycles. The van der Waals surface area contributed by atoms with Gasteiger partial charge in [0.2, 0.25) is 0 Å². The summed E-state index contributed by atoms with van der Waals surface area (Å²) in [6.07, 6.45) is 8.23. The fourth-order valence-corrected chi connectivity index (χ4v) is 3.70. The molecule has 4 nitrogen and oxygen atoms in total. The molecule has 0 aromatic carbocycles. The van der Waals surface area contributed by atoms with E-state index in [9.17, 15) is 0 Å². The lowest BCUT2D eigenvalue weighted by Crippen LogP contribution is -2.49. The smallest absolute Gasteiger partial charge is 0.193 e. The van der Waals surface area contributed by atoms with Crippen LogP contribution in [-0.2, 0) is 6.54 Å². The standard InChI is InChI=1S/C16H26N4S/c1-16(2,3)17-10-14-6-4-5-7-19(14)11-13-12-20-8-9-21-15(20)18-13/h8-9,12,14,17H,4-7,10-11H2,1-3H3. The summed E-state index contributed by atoms with van der Waals surface area (Å²) in [6.45, 7) is 9.97. The highest BCUT2D eigenvalue weighted by Crippen LogP contribution is 2.20. The number of fused-ring (bicyclic) bond motifs is 1. The number of aromatic nitrogens is 2. The Morgan fingerprint density at radius 1 is 1.38 bits per heavy atom. The molecule has 0 bridgehead atoms. The minimum Gasteiger partial charge on any atom is -0.311 e. The van der Waals surface area contributed by atoms with Crippen molar-refractivity contribution in [2.45, 2.75) is 58.2 Å². The van der Waals surface area contributed by atoms with Gasteiger partial charge < -0.3 is 5.32 Å². The van der Waals surface area contributed by atoms with Crippen molar-refractivity contribution in [2.75, 3.05) is 13.1 Å². The number of nitrogens with zero attached hydrogens (tertiary/aromatic N) is 3. The molecule has 0 amide bonds. The van der Waals surface area contributed by atoms with Gasteiger partial charge in [-0.2, -0.15) is 0 Å². The molecule has 0 spiro atoms. The zero-order valence-corrected chi connectivity index (χ0v) is 14.1. The van der Waals surface area contributed by atoms with Gasteiger partial charge in [0.15, 0.2) is 4.96 Å². The largest absolute Gasteiger partial charge is 0.311 e. The van der Waals surface area contributed by atoms with Crippen LogP contribution in [0.1, 0.15) is 45.7 Å². The van der Waals surface area contributed by atoms with Crippen molar-refractivity contribution in [1.82, 2.24) is 19.6 Å². The Balaban J connectivity index is 1.64. The van der Waals surface area contributed by atoms with Crippen molar-refractivity contribution in [1.29, 1.82) is 0 Å². The molecule has 5 heteroatoms. The third-order valence-corrected chi connectivity index (χ3v) is 4.90. The quantitative estimate of drug-likeness (QED) is 0.942. The van der Waals surface area contributed by atoms with Crippen LogP contribution in [0, 0.1) is 0 Å². The van der Waals surface area contributed by atoms with Crippen molar-refractivity contribution in [3.63, 3.8) is 0 Å². The maximum absolute atomic E-state index is 4.73. The maximum atomic E-state index is 4.73. The molecular formula is C16H26N4S. The molecule has 116 valence electrons. The molecule has 2 aromatic rings. The van der Waals surface area contributed by atoms with Gasteiger partial charge in [0.1, 0.15) is 0 Å². The van der Waals surface area contributed by atoms with Gasteiger partial charge >= 0.3 is 0 Å². The van der Waals surface area contributed by atoms with Crippen LogP contribution >= 0.6 is 11.3 Å². The summed E-state index contributed by atoms with van der Waals surface area (Å²) in [7, 11) is 0. The zero-order chi connectivity index (χ0) is 14.9. The second-order valence-corrected chi connectivity index (χ2v) is 7.95. The van der Waals surface area contributed by atoms with E-state index in [4.69, 9.17) is 4.98 Å². The summed E-state index contributed by atoms with van der Waals surface area (Å²) in [5.74, 6) is 0. The van der Waals surface area contributed by atoms with E-state index in [0.29, 0.717) is 6.04 Å². The number of hydrogen-bond donors (Lipinski definition) is 1. The third-order valence-electron chi connectivity index (χ3n) is 4.13. The van der Waals surface area contributed by atoms with E-state index in [2.05, 4.69) is 53.2 Å². The third kappa shape index (κ3) is 3.84. The second-order valence-electron chi connectivity index (χ2n) is 7.08. The van der Waals surface area contributed by atoms with E-state index in [1.54, 1.807) is 11.3 Å². The van der Waals surface area contributed by atoms with Crippen molar-refractivity contribution < 1.29 is 0 Å². The fraction of sp³-hybridized carbons (Fsp3) is 0.688. The molecule has 3 heterocycles. The number of nitrogens with one attached hydrogen (secondary N) is 1. The Hall–Kier alpha value is -0.910. The number of likely N-dealkylation sites (tertiary alicyclic amines) is 1. The Bertz CT molecular complexity index is 552. The minimum atomic E-state index is 0.195. The van der Waals surface area contributed by atoms with E-state index < -0.39 is 0 Å². The van der Waals surface area contributed by atoms with Gasteiger partial charge in [0, 0.05) is 42.4 Å². The highest BCUT2D eigenvalue weighted by atomic mass is 32.1. The first-order valence-corrected chi connectivity index (χ1v) is 8.79. The van der Waals surface area contributed by atoms with Crippen molar-refractivity contribution in [2.24, 2.45) is 0 Å². The molecule has 0 aliphatic carbocycles. The predicted octanol–water partition coefficient (Wildman–Crippen LogP) is 3.14. The summed E-state index contributed by atoms with van der Waals surface area (Å²) in [4.78, 5) is 8.44. The lowest BCUT2D eigenvalue weighted by molar-refractivity contribution is 0.130. The summed E-state index contributed by atoms with van der Waals surface area (Å²) in [5.41, 5.74) is 1.39. The summed E-state index contributed by atoms with van der Waals surface area (Å²) >= 11 is 1.71. The highest BCUT2D eigenvalue weighted by molar-refractivity contribution is 7.15. The van der Waals surface area contributed by atoms with E-state index in [-0.39, 0.29) is 5.54 Å². The minimum absolute atomic E-state index is 0.195. The van der Waals surface area contributed by atoms with Gasteiger partial charge in [-0.25, -0.2) is 4.98 Å². The SMILES string of the molecule is CC(C)(C)NCC1CCCCN1Cc1cn2ccsc2n1. The van der Waals surface area contributed by atoms with Crippen LogP contribution in [-0.4, -0.2) is 39.0 Å². The Labute approximate surface area is 131 Å². The van der Waals surface area contributed by atoms with Crippen LogP contribution in [0.15, 0.2) is 17.8 Å². The molecule has 2 aromatic heterocycles. The Morgan fingerprint density at radius 3 is 3.00 bits per heavy atom. The van der Waals surface area contributed by atoms with Crippen LogP contribution in [0.2, 0.25) is 0 Å². The van der Waals surface area contributed by atoms with E-state index in [0.717, 1.165) is 18.1 Å². The Morgan fingerprint density at radius 2 is 2.24 bits per heavy atom. The van der Waals surface area contributed by atoms with E-state index >= 15 is 0 Å². The van der Waals surface area contributed by atoms with Crippen LogP contribution in [0.5, 0.6) is 0 Å². The zero-order valence-electron chi connectivity index (χ0n) is 13.3. The lowest BCUT2D eigenvalue weighted by Gasteiger charge is -2.37. The van der Waals surface area contributed by atoms with Crippen LogP contribution in [0.4, 0.5) is 0 Å². The predicted molar refractivity (Wildman–Crippen MR) is 88.9 cm³/mol. The number of thiazole rings is 1. The average Bonchev–Trinajstić information content (AvgIpc) is 2.97. The second kappa shape index (κ2) is 6.07. The average molecular weight is 306 g/mol. The van der Waals surface area contributed by atoms with E-state index in [1.165, 1.54) is 31.5 Å². The van der Waals surface area contributed by atoms with Gasteiger partial charge in [0.05, 0.1) is 5.69 Å². The van der Waals surface area contributed by atoms with Gasteiger partial charge in [-0.15, -0.1) is 11.3 Å². The maximum Gasteiger partial charge on any atom is 0.193 e. The van der Waals surface area contributed by atoms with Gasteiger partial charge in [0.25, 0.3) is 0 Å². The molecule has 1 saturated heterocycles. The summed E-state index contributed by atoms with van der Waals surface area (Å²) < 4.78 is 2.13. The first-order chi connectivity index (χ1) is 10.0.